The average molecular weight is 318 g/mol. The number of alkyl carbamates (subject to hydrolysis) is 1. The van der Waals surface area contributed by atoms with Crippen molar-refractivity contribution in [3.63, 3.8) is 0 Å². The summed E-state index contributed by atoms with van der Waals surface area (Å²) in [6.07, 6.45) is 5.68. The molecule has 1 amide bonds. The summed E-state index contributed by atoms with van der Waals surface area (Å²) < 4.78 is 4.87. The highest BCUT2D eigenvalue weighted by molar-refractivity contribution is 5.66. The molecule has 1 aromatic carbocycles. The zero-order valence-corrected chi connectivity index (χ0v) is 14.3. The van der Waals surface area contributed by atoms with Crippen molar-refractivity contribution in [2.24, 2.45) is 5.92 Å². The summed E-state index contributed by atoms with van der Waals surface area (Å²) in [5, 5.41) is 2.82. The lowest BCUT2D eigenvalue weighted by atomic mass is 9.93. The molecular weight excluding hydrogens is 288 g/mol. The van der Waals surface area contributed by atoms with E-state index in [1.807, 2.05) is 6.92 Å². The average Bonchev–Trinajstić information content (AvgIpc) is 2.57. The normalized spacial score (nSPS) is 16.2. The van der Waals surface area contributed by atoms with Gasteiger partial charge in [-0.05, 0) is 70.1 Å². The van der Waals surface area contributed by atoms with E-state index in [-0.39, 0.29) is 6.09 Å². The second kappa shape index (κ2) is 10.3. The molecule has 1 aromatic rings. The standard InChI is InChI=1S/C19H30N2O2/c1-2-23-19(22)20-13-10-18-11-15-21(16-12-18)14-6-9-17-7-4-3-5-8-17/h3-5,7-8,18H,2,6,9-16H2,1H3,(H,20,22). The van der Waals surface area contributed by atoms with E-state index in [9.17, 15) is 4.79 Å². The van der Waals surface area contributed by atoms with Gasteiger partial charge in [-0.25, -0.2) is 4.79 Å². The number of likely N-dealkylation sites (tertiary alicyclic amines) is 1. The number of benzene rings is 1. The van der Waals surface area contributed by atoms with Crippen LogP contribution in [-0.2, 0) is 11.2 Å². The zero-order valence-electron chi connectivity index (χ0n) is 14.3. The maximum absolute atomic E-state index is 11.2. The number of nitrogens with one attached hydrogen (secondary N) is 1. The van der Waals surface area contributed by atoms with Gasteiger partial charge in [-0.3, -0.25) is 0 Å². The molecular formula is C19H30N2O2. The van der Waals surface area contributed by atoms with Crippen LogP contribution in [0.4, 0.5) is 4.79 Å². The van der Waals surface area contributed by atoms with Gasteiger partial charge in [-0.15, -0.1) is 0 Å². The molecule has 4 heteroatoms. The van der Waals surface area contributed by atoms with Crippen LogP contribution in [-0.4, -0.2) is 43.8 Å². The van der Waals surface area contributed by atoms with Gasteiger partial charge in [0.05, 0.1) is 6.61 Å². The molecule has 0 spiro atoms. The molecule has 0 unspecified atom stereocenters. The lowest BCUT2D eigenvalue weighted by Gasteiger charge is -2.32. The number of aryl methyl sites for hydroxylation is 1. The Kier molecular flexibility index (Phi) is 7.95. The second-order valence-electron chi connectivity index (χ2n) is 6.31. The lowest BCUT2D eigenvalue weighted by molar-refractivity contribution is 0.148. The van der Waals surface area contributed by atoms with Crippen LogP contribution in [0.2, 0.25) is 0 Å². The molecule has 1 aliphatic rings. The molecule has 128 valence electrons. The van der Waals surface area contributed by atoms with E-state index in [0.717, 1.165) is 18.9 Å². The van der Waals surface area contributed by atoms with Crippen LogP contribution < -0.4 is 5.32 Å². The van der Waals surface area contributed by atoms with Crippen LogP contribution in [0.5, 0.6) is 0 Å². The number of nitrogens with zero attached hydrogens (tertiary/aromatic N) is 1. The first-order valence-corrected chi connectivity index (χ1v) is 8.95. The van der Waals surface area contributed by atoms with Gasteiger partial charge in [0, 0.05) is 6.54 Å². The summed E-state index contributed by atoms with van der Waals surface area (Å²) in [6, 6.07) is 10.7. The highest BCUT2D eigenvalue weighted by Gasteiger charge is 2.18. The molecule has 0 radical (unpaired) electrons. The van der Waals surface area contributed by atoms with Crippen molar-refractivity contribution in [1.29, 1.82) is 0 Å². The van der Waals surface area contributed by atoms with Gasteiger partial charge in [0.2, 0.25) is 0 Å². The van der Waals surface area contributed by atoms with Gasteiger partial charge in [-0.2, -0.15) is 0 Å². The third-order valence-electron chi connectivity index (χ3n) is 4.59. The zero-order chi connectivity index (χ0) is 16.3. The number of carbonyl (C=O) groups is 1. The van der Waals surface area contributed by atoms with Crippen LogP contribution >= 0.6 is 0 Å². The molecule has 0 aromatic heterocycles. The molecule has 2 rings (SSSR count). The number of piperidine rings is 1. The van der Waals surface area contributed by atoms with Crippen LogP contribution in [0, 0.1) is 5.92 Å². The van der Waals surface area contributed by atoms with Crippen molar-refractivity contribution in [3.05, 3.63) is 35.9 Å². The van der Waals surface area contributed by atoms with Crippen molar-refractivity contribution in [3.8, 4) is 0 Å². The molecule has 1 fully saturated rings. The predicted octanol–water partition coefficient (Wildman–Crippen LogP) is 3.47. The van der Waals surface area contributed by atoms with E-state index in [2.05, 4.69) is 40.5 Å². The fraction of sp³-hybridized carbons (Fsp3) is 0.632. The number of hydrogen-bond donors (Lipinski definition) is 1. The Hall–Kier alpha value is -1.55. The van der Waals surface area contributed by atoms with Gasteiger partial charge < -0.3 is 15.0 Å². The first-order chi connectivity index (χ1) is 11.3. The molecule has 1 aliphatic heterocycles. The Balaban J connectivity index is 1.53. The quantitative estimate of drug-likeness (QED) is 0.798. The number of rotatable bonds is 8. The minimum absolute atomic E-state index is 0.286. The summed E-state index contributed by atoms with van der Waals surface area (Å²) in [6.45, 7) is 6.58. The van der Waals surface area contributed by atoms with E-state index in [0.29, 0.717) is 6.61 Å². The topological polar surface area (TPSA) is 41.6 Å². The van der Waals surface area contributed by atoms with Gasteiger partial charge in [-0.1, -0.05) is 30.3 Å². The maximum Gasteiger partial charge on any atom is 0.407 e. The van der Waals surface area contributed by atoms with Crippen LogP contribution in [0.3, 0.4) is 0 Å². The molecule has 23 heavy (non-hydrogen) atoms. The van der Waals surface area contributed by atoms with E-state index >= 15 is 0 Å². The SMILES string of the molecule is CCOC(=O)NCCC1CCN(CCCc2ccccc2)CC1. The minimum atomic E-state index is -0.286. The Morgan fingerprint density at radius 3 is 2.70 bits per heavy atom. The Labute approximate surface area is 140 Å². The highest BCUT2D eigenvalue weighted by Crippen LogP contribution is 2.20. The molecule has 1 heterocycles. The molecule has 1 saturated heterocycles. The third kappa shape index (κ3) is 7.04. The fourth-order valence-corrected chi connectivity index (χ4v) is 3.21. The summed E-state index contributed by atoms with van der Waals surface area (Å²) in [7, 11) is 0. The van der Waals surface area contributed by atoms with Crippen molar-refractivity contribution in [2.45, 2.75) is 39.0 Å². The number of ether oxygens (including phenoxy) is 1. The molecule has 0 saturated carbocycles. The van der Waals surface area contributed by atoms with Crippen LogP contribution in [0.25, 0.3) is 0 Å². The van der Waals surface area contributed by atoms with E-state index < -0.39 is 0 Å². The number of carbonyl (C=O) groups excluding carboxylic acids is 1. The van der Waals surface area contributed by atoms with Crippen molar-refractivity contribution < 1.29 is 9.53 Å². The highest BCUT2D eigenvalue weighted by atomic mass is 16.5. The lowest BCUT2D eigenvalue weighted by Crippen LogP contribution is -2.36. The number of amides is 1. The Morgan fingerprint density at radius 2 is 2.00 bits per heavy atom. The fourth-order valence-electron chi connectivity index (χ4n) is 3.21. The summed E-state index contributed by atoms with van der Waals surface area (Å²) in [5.41, 5.74) is 1.44. The summed E-state index contributed by atoms with van der Waals surface area (Å²) >= 11 is 0. The molecule has 0 aliphatic carbocycles. The predicted molar refractivity (Wildman–Crippen MR) is 93.6 cm³/mol. The Bertz CT molecular complexity index is 442. The van der Waals surface area contributed by atoms with Gasteiger partial charge in [0.1, 0.15) is 0 Å². The number of hydrogen-bond acceptors (Lipinski definition) is 3. The molecule has 4 nitrogen and oxygen atoms in total. The van der Waals surface area contributed by atoms with E-state index in [4.69, 9.17) is 4.74 Å². The van der Waals surface area contributed by atoms with Gasteiger partial charge >= 0.3 is 6.09 Å². The van der Waals surface area contributed by atoms with Gasteiger partial charge in [0.25, 0.3) is 0 Å². The minimum Gasteiger partial charge on any atom is -0.450 e. The third-order valence-corrected chi connectivity index (χ3v) is 4.59. The Morgan fingerprint density at radius 1 is 1.26 bits per heavy atom. The van der Waals surface area contributed by atoms with E-state index in [1.54, 1.807) is 0 Å². The van der Waals surface area contributed by atoms with Crippen LogP contribution in [0.15, 0.2) is 30.3 Å². The van der Waals surface area contributed by atoms with Crippen molar-refractivity contribution >= 4 is 6.09 Å². The maximum atomic E-state index is 11.2. The smallest absolute Gasteiger partial charge is 0.407 e. The first-order valence-electron chi connectivity index (χ1n) is 8.95. The van der Waals surface area contributed by atoms with Crippen LogP contribution in [0.1, 0.15) is 38.2 Å². The summed E-state index contributed by atoms with van der Waals surface area (Å²) in [5.74, 6) is 0.738. The summed E-state index contributed by atoms with van der Waals surface area (Å²) in [4.78, 5) is 13.8. The van der Waals surface area contributed by atoms with Gasteiger partial charge in [0.15, 0.2) is 0 Å². The first kappa shape index (κ1) is 17.8. The van der Waals surface area contributed by atoms with E-state index in [1.165, 1.54) is 50.9 Å². The molecule has 1 N–H and O–H groups in total. The molecule has 0 bridgehead atoms. The molecule has 0 atom stereocenters. The second-order valence-corrected chi connectivity index (χ2v) is 6.31. The monoisotopic (exact) mass is 318 g/mol. The largest absolute Gasteiger partial charge is 0.450 e. The van der Waals surface area contributed by atoms with Crippen molar-refractivity contribution in [2.75, 3.05) is 32.8 Å². The van der Waals surface area contributed by atoms with Crippen molar-refractivity contribution in [1.82, 2.24) is 10.2 Å².